The number of carbonyl (C=O) groups excluding carboxylic acids is 2. The molecule has 0 unspecified atom stereocenters. The van der Waals surface area contributed by atoms with Gasteiger partial charge >= 0.3 is 5.97 Å². The monoisotopic (exact) mass is 425 g/mol. The van der Waals surface area contributed by atoms with Crippen molar-refractivity contribution in [3.8, 4) is 6.07 Å². The molecular formula is C21H19N3O5S. The fourth-order valence-electron chi connectivity index (χ4n) is 3.00. The first-order valence-electron chi connectivity index (χ1n) is 9.06. The van der Waals surface area contributed by atoms with Gasteiger partial charge in [-0.25, -0.2) is 17.9 Å². The number of nitrogens with zero attached hydrogens (tertiary/aromatic N) is 2. The van der Waals surface area contributed by atoms with Crippen LogP contribution in [0.4, 0.5) is 0 Å². The molecule has 8 nitrogen and oxygen atoms in total. The van der Waals surface area contributed by atoms with E-state index in [1.54, 1.807) is 18.3 Å². The predicted molar refractivity (Wildman–Crippen MR) is 109 cm³/mol. The van der Waals surface area contributed by atoms with Gasteiger partial charge in [0.05, 0.1) is 22.9 Å². The lowest BCUT2D eigenvalue weighted by atomic mass is 10.1. The van der Waals surface area contributed by atoms with Crippen LogP contribution in [0.1, 0.15) is 27.1 Å². The maximum absolute atomic E-state index is 12.7. The molecule has 30 heavy (non-hydrogen) atoms. The molecule has 3 rings (SSSR count). The van der Waals surface area contributed by atoms with E-state index in [0.717, 1.165) is 10.9 Å². The number of esters is 1. The number of nitrogens with one attached hydrogen (secondary N) is 1. The zero-order valence-electron chi connectivity index (χ0n) is 16.2. The highest BCUT2D eigenvalue weighted by atomic mass is 32.2. The van der Waals surface area contributed by atoms with Crippen LogP contribution in [-0.4, -0.2) is 38.4 Å². The molecule has 154 valence electrons. The smallest absolute Gasteiger partial charge is 0.338 e. The molecule has 9 heteroatoms. The third-order valence-electron chi connectivity index (χ3n) is 4.56. The highest BCUT2D eigenvalue weighted by Crippen LogP contribution is 2.22. The SMILES string of the molecule is CNS(=O)(=O)c1ccc(C(=O)OCC(=O)c2cn(CCC#N)c3ccccc23)cc1. The zero-order chi connectivity index (χ0) is 21.7. The van der Waals surface area contributed by atoms with Gasteiger partial charge < -0.3 is 9.30 Å². The van der Waals surface area contributed by atoms with Gasteiger partial charge in [0.15, 0.2) is 6.61 Å². The van der Waals surface area contributed by atoms with E-state index in [1.165, 1.54) is 31.3 Å². The number of carbonyl (C=O) groups is 2. The van der Waals surface area contributed by atoms with E-state index >= 15 is 0 Å². The van der Waals surface area contributed by atoms with Crippen molar-refractivity contribution < 1.29 is 22.7 Å². The number of aromatic nitrogens is 1. The molecule has 0 aliphatic carbocycles. The Morgan fingerprint density at radius 3 is 2.50 bits per heavy atom. The Bertz CT molecular complexity index is 1240. The molecule has 0 saturated heterocycles. The quantitative estimate of drug-likeness (QED) is 0.438. The summed E-state index contributed by atoms with van der Waals surface area (Å²) in [6.45, 7) is -0.00634. The van der Waals surface area contributed by atoms with Crippen LogP contribution < -0.4 is 4.72 Å². The minimum absolute atomic E-state index is 0.0165. The lowest BCUT2D eigenvalue weighted by Gasteiger charge is -2.06. The maximum Gasteiger partial charge on any atom is 0.338 e. The van der Waals surface area contributed by atoms with Crippen LogP contribution in [0.25, 0.3) is 10.9 Å². The molecular weight excluding hydrogens is 406 g/mol. The van der Waals surface area contributed by atoms with E-state index in [9.17, 15) is 18.0 Å². The Morgan fingerprint density at radius 1 is 1.13 bits per heavy atom. The van der Waals surface area contributed by atoms with Crippen molar-refractivity contribution in [2.45, 2.75) is 17.9 Å². The van der Waals surface area contributed by atoms with Gasteiger partial charge in [-0.1, -0.05) is 18.2 Å². The molecule has 0 aliphatic rings. The van der Waals surface area contributed by atoms with Crippen molar-refractivity contribution in [1.29, 1.82) is 5.26 Å². The number of fused-ring (bicyclic) bond motifs is 1. The second kappa shape index (κ2) is 8.90. The number of hydrogen-bond acceptors (Lipinski definition) is 6. The van der Waals surface area contributed by atoms with Crippen LogP contribution in [0.2, 0.25) is 0 Å². The van der Waals surface area contributed by atoms with Crippen LogP contribution >= 0.6 is 0 Å². The Labute approximate surface area is 173 Å². The van der Waals surface area contributed by atoms with Gasteiger partial charge in [-0.2, -0.15) is 5.26 Å². The Morgan fingerprint density at radius 2 is 1.83 bits per heavy atom. The van der Waals surface area contributed by atoms with Gasteiger partial charge in [0.2, 0.25) is 15.8 Å². The minimum Gasteiger partial charge on any atom is -0.454 e. The van der Waals surface area contributed by atoms with Crippen LogP contribution in [0.5, 0.6) is 0 Å². The molecule has 0 bridgehead atoms. The summed E-state index contributed by atoms with van der Waals surface area (Å²) in [5.41, 5.74) is 1.37. The van der Waals surface area contributed by atoms with E-state index in [4.69, 9.17) is 10.00 Å². The van der Waals surface area contributed by atoms with E-state index in [1.807, 2.05) is 16.7 Å². The molecule has 1 heterocycles. The normalized spacial score (nSPS) is 11.2. The zero-order valence-corrected chi connectivity index (χ0v) is 17.0. The summed E-state index contributed by atoms with van der Waals surface area (Å²) in [6.07, 6.45) is 1.97. The summed E-state index contributed by atoms with van der Waals surface area (Å²) in [5, 5.41) is 9.54. The van der Waals surface area contributed by atoms with Gasteiger partial charge in [0.25, 0.3) is 0 Å². The summed E-state index contributed by atoms with van der Waals surface area (Å²) in [5.74, 6) is -1.10. The number of Topliss-reactive ketones (excluding diaryl/α,β-unsaturated/α-hetero) is 1. The molecule has 0 radical (unpaired) electrons. The number of benzene rings is 2. The molecule has 0 aliphatic heterocycles. The third kappa shape index (κ3) is 4.40. The molecule has 1 aromatic heterocycles. The molecule has 0 atom stereocenters. The van der Waals surface area contributed by atoms with E-state index in [0.29, 0.717) is 18.5 Å². The number of ketones is 1. The summed E-state index contributed by atoms with van der Waals surface area (Å²) in [6, 6.07) is 14.6. The fourth-order valence-corrected chi connectivity index (χ4v) is 3.73. The van der Waals surface area contributed by atoms with Crippen molar-refractivity contribution in [2.75, 3.05) is 13.7 Å². The number of para-hydroxylation sites is 1. The lowest BCUT2D eigenvalue weighted by Crippen LogP contribution is -2.19. The van der Waals surface area contributed by atoms with Crippen molar-refractivity contribution in [3.05, 3.63) is 65.9 Å². The van der Waals surface area contributed by atoms with Crippen molar-refractivity contribution in [1.82, 2.24) is 9.29 Å². The molecule has 2 aromatic carbocycles. The molecule has 0 amide bonds. The largest absolute Gasteiger partial charge is 0.454 e. The van der Waals surface area contributed by atoms with E-state index in [-0.39, 0.29) is 16.2 Å². The van der Waals surface area contributed by atoms with Gasteiger partial charge in [-0.05, 0) is 37.4 Å². The minimum atomic E-state index is -3.61. The highest BCUT2D eigenvalue weighted by Gasteiger charge is 2.18. The average molecular weight is 425 g/mol. The summed E-state index contributed by atoms with van der Waals surface area (Å²) in [7, 11) is -2.31. The Hall–Kier alpha value is -3.48. The first kappa shape index (κ1) is 21.2. The molecule has 0 spiro atoms. The van der Waals surface area contributed by atoms with Gasteiger partial charge in [0, 0.05) is 29.2 Å². The van der Waals surface area contributed by atoms with Gasteiger partial charge in [-0.15, -0.1) is 0 Å². The second-order valence-electron chi connectivity index (χ2n) is 6.39. The van der Waals surface area contributed by atoms with Crippen LogP contribution in [0, 0.1) is 11.3 Å². The predicted octanol–water partition coefficient (Wildman–Crippen LogP) is 2.50. The molecule has 3 aromatic rings. The summed E-state index contributed by atoms with van der Waals surface area (Å²) in [4.78, 5) is 24.9. The first-order valence-corrected chi connectivity index (χ1v) is 10.5. The highest BCUT2D eigenvalue weighted by molar-refractivity contribution is 7.89. The van der Waals surface area contributed by atoms with Crippen LogP contribution in [-0.2, 0) is 21.3 Å². The van der Waals surface area contributed by atoms with Crippen LogP contribution in [0.15, 0.2) is 59.6 Å². The van der Waals surface area contributed by atoms with E-state index in [2.05, 4.69) is 10.8 Å². The van der Waals surface area contributed by atoms with E-state index < -0.39 is 22.6 Å². The number of nitriles is 1. The van der Waals surface area contributed by atoms with Gasteiger partial charge in [-0.3, -0.25) is 4.79 Å². The fraction of sp³-hybridized carbons (Fsp3) is 0.190. The van der Waals surface area contributed by atoms with Crippen molar-refractivity contribution >= 4 is 32.7 Å². The Balaban J connectivity index is 1.73. The lowest BCUT2D eigenvalue weighted by molar-refractivity contribution is 0.0475. The van der Waals surface area contributed by atoms with Crippen molar-refractivity contribution in [3.63, 3.8) is 0 Å². The Kier molecular flexibility index (Phi) is 6.30. The van der Waals surface area contributed by atoms with Crippen LogP contribution in [0.3, 0.4) is 0 Å². The molecule has 0 saturated carbocycles. The number of rotatable bonds is 8. The topological polar surface area (TPSA) is 118 Å². The van der Waals surface area contributed by atoms with Gasteiger partial charge in [0.1, 0.15) is 0 Å². The standard InChI is InChI=1S/C21H19N3O5S/c1-23-30(27,28)16-9-7-15(8-10-16)21(26)29-14-20(25)18-13-24(12-4-11-22)19-6-3-2-5-17(18)19/h2-3,5-10,13,23H,4,12,14H2,1H3. The number of ether oxygens (including phenoxy) is 1. The third-order valence-corrected chi connectivity index (χ3v) is 5.99. The first-order chi connectivity index (χ1) is 14.4. The second-order valence-corrected chi connectivity index (χ2v) is 8.28. The number of hydrogen-bond donors (Lipinski definition) is 1. The summed E-state index contributed by atoms with van der Waals surface area (Å²) < 4.78 is 32.6. The molecule has 0 fully saturated rings. The average Bonchev–Trinajstić information content (AvgIpc) is 3.14. The number of sulfonamides is 1. The maximum atomic E-state index is 12.7. The molecule has 1 N–H and O–H groups in total. The number of aryl methyl sites for hydroxylation is 1. The summed E-state index contributed by atoms with van der Waals surface area (Å²) >= 11 is 0. The van der Waals surface area contributed by atoms with Crippen molar-refractivity contribution in [2.24, 2.45) is 0 Å².